The summed E-state index contributed by atoms with van der Waals surface area (Å²) in [7, 11) is 3.02. The van der Waals surface area contributed by atoms with Gasteiger partial charge in [-0.05, 0) is 55.0 Å². The van der Waals surface area contributed by atoms with Crippen molar-refractivity contribution < 1.29 is 27.8 Å². The summed E-state index contributed by atoms with van der Waals surface area (Å²) in [5.41, 5.74) is 1.88. The average Bonchev–Trinajstić information content (AvgIpc) is 2.87. The van der Waals surface area contributed by atoms with Gasteiger partial charge in [-0.15, -0.1) is 0 Å². The second kappa shape index (κ2) is 10.4. The minimum absolute atomic E-state index is 0.0565. The maximum Gasteiger partial charge on any atom is 0.324 e. The van der Waals surface area contributed by atoms with E-state index in [1.807, 2.05) is 0 Å². The van der Waals surface area contributed by atoms with E-state index in [-0.39, 0.29) is 24.0 Å². The van der Waals surface area contributed by atoms with Gasteiger partial charge in [-0.3, -0.25) is 9.69 Å². The molecule has 0 spiro atoms. The molecule has 1 aliphatic rings. The summed E-state index contributed by atoms with van der Waals surface area (Å²) in [6.07, 6.45) is 0.701. The molecule has 0 aromatic heterocycles. The maximum atomic E-state index is 14.1. The normalized spacial score (nSPS) is 13.5. The van der Waals surface area contributed by atoms with E-state index in [1.54, 1.807) is 47.4 Å². The SMILES string of the molecule is COc1ccc(C(=O)Nc2ccc(N3CCCN(Cc4ccc(F)cc4F)C3=O)cc2)cc1OC. The van der Waals surface area contributed by atoms with Crippen molar-refractivity contribution in [1.82, 2.24) is 4.90 Å². The fourth-order valence-corrected chi connectivity index (χ4v) is 3.93. The summed E-state index contributed by atoms with van der Waals surface area (Å²) in [6.45, 7) is 1.05. The van der Waals surface area contributed by atoms with Gasteiger partial charge in [0.05, 0.1) is 20.8 Å². The molecule has 0 saturated carbocycles. The molecule has 0 aliphatic carbocycles. The lowest BCUT2D eigenvalue weighted by molar-refractivity contribution is 0.102. The van der Waals surface area contributed by atoms with Crippen molar-refractivity contribution in [3.05, 3.63) is 83.4 Å². The number of carbonyl (C=O) groups excluding carboxylic acids is 2. The zero-order chi connectivity index (χ0) is 24.9. The lowest BCUT2D eigenvalue weighted by Crippen LogP contribution is -2.49. The van der Waals surface area contributed by atoms with E-state index >= 15 is 0 Å². The Kier molecular flexibility index (Phi) is 7.14. The molecule has 0 unspecified atom stereocenters. The van der Waals surface area contributed by atoms with Crippen LogP contribution in [-0.2, 0) is 6.54 Å². The summed E-state index contributed by atoms with van der Waals surface area (Å²) < 4.78 is 37.7. The molecule has 1 N–H and O–H groups in total. The Bertz CT molecular complexity index is 1230. The fourth-order valence-electron chi connectivity index (χ4n) is 3.93. The van der Waals surface area contributed by atoms with Crippen molar-refractivity contribution in [2.75, 3.05) is 37.5 Å². The number of nitrogens with zero attached hydrogens (tertiary/aromatic N) is 2. The molecular weight excluding hydrogens is 456 g/mol. The van der Waals surface area contributed by atoms with Crippen LogP contribution in [0.15, 0.2) is 60.7 Å². The number of hydrogen-bond donors (Lipinski definition) is 1. The molecule has 35 heavy (non-hydrogen) atoms. The molecule has 1 fully saturated rings. The van der Waals surface area contributed by atoms with Gasteiger partial charge in [-0.25, -0.2) is 13.6 Å². The van der Waals surface area contributed by atoms with Crippen LogP contribution in [0.3, 0.4) is 0 Å². The van der Waals surface area contributed by atoms with Crippen LogP contribution in [0.1, 0.15) is 22.3 Å². The highest BCUT2D eigenvalue weighted by Gasteiger charge is 2.27. The molecule has 9 heteroatoms. The molecule has 4 rings (SSSR count). The lowest BCUT2D eigenvalue weighted by Gasteiger charge is -2.35. The number of nitrogens with one attached hydrogen (secondary N) is 1. The van der Waals surface area contributed by atoms with Gasteiger partial charge in [0.1, 0.15) is 11.6 Å². The first-order valence-corrected chi connectivity index (χ1v) is 11.0. The van der Waals surface area contributed by atoms with Crippen molar-refractivity contribution >= 4 is 23.3 Å². The molecule has 0 atom stereocenters. The average molecular weight is 481 g/mol. The molecule has 1 aliphatic heterocycles. The summed E-state index contributed by atoms with van der Waals surface area (Å²) in [5, 5.41) is 2.82. The highest BCUT2D eigenvalue weighted by atomic mass is 19.1. The van der Waals surface area contributed by atoms with Crippen LogP contribution < -0.4 is 19.7 Å². The van der Waals surface area contributed by atoms with Crippen LogP contribution in [0.2, 0.25) is 0 Å². The van der Waals surface area contributed by atoms with Gasteiger partial charge < -0.3 is 19.7 Å². The number of hydrogen-bond acceptors (Lipinski definition) is 4. The van der Waals surface area contributed by atoms with Crippen LogP contribution in [0.4, 0.5) is 25.0 Å². The Morgan fingerprint density at radius 1 is 0.943 bits per heavy atom. The number of halogens is 2. The number of methoxy groups -OCH3 is 2. The molecule has 1 saturated heterocycles. The Hall–Kier alpha value is -4.14. The van der Waals surface area contributed by atoms with Gasteiger partial charge in [0, 0.05) is 41.7 Å². The second-order valence-electron chi connectivity index (χ2n) is 8.02. The van der Waals surface area contributed by atoms with Crippen LogP contribution >= 0.6 is 0 Å². The third kappa shape index (κ3) is 5.34. The van der Waals surface area contributed by atoms with E-state index in [2.05, 4.69) is 5.32 Å². The van der Waals surface area contributed by atoms with E-state index in [0.717, 1.165) is 6.07 Å². The van der Waals surface area contributed by atoms with Crippen LogP contribution in [-0.4, -0.2) is 44.1 Å². The monoisotopic (exact) mass is 481 g/mol. The molecule has 0 radical (unpaired) electrons. The molecule has 3 aromatic carbocycles. The van der Waals surface area contributed by atoms with Crippen LogP contribution in [0, 0.1) is 11.6 Å². The van der Waals surface area contributed by atoms with E-state index < -0.39 is 11.6 Å². The van der Waals surface area contributed by atoms with E-state index in [4.69, 9.17) is 9.47 Å². The number of benzene rings is 3. The van der Waals surface area contributed by atoms with Gasteiger partial charge in [0.15, 0.2) is 11.5 Å². The first kappa shape index (κ1) is 24.0. The predicted octanol–water partition coefficient (Wildman–Crippen LogP) is 5.07. The Labute approximate surface area is 201 Å². The van der Waals surface area contributed by atoms with E-state index in [1.165, 1.54) is 31.3 Å². The Morgan fingerprint density at radius 2 is 1.69 bits per heavy atom. The van der Waals surface area contributed by atoms with Gasteiger partial charge in [0.2, 0.25) is 0 Å². The van der Waals surface area contributed by atoms with Crippen molar-refractivity contribution in [1.29, 1.82) is 0 Å². The fraction of sp³-hybridized carbons (Fsp3) is 0.231. The van der Waals surface area contributed by atoms with Crippen molar-refractivity contribution in [3.8, 4) is 11.5 Å². The number of amides is 3. The quantitative estimate of drug-likeness (QED) is 0.512. The number of anilines is 2. The molecule has 182 valence electrons. The summed E-state index contributed by atoms with van der Waals surface area (Å²) in [6, 6.07) is 14.9. The van der Waals surface area contributed by atoms with E-state index in [9.17, 15) is 18.4 Å². The van der Waals surface area contributed by atoms with Gasteiger partial charge in [0.25, 0.3) is 5.91 Å². The van der Waals surface area contributed by atoms with Crippen molar-refractivity contribution in [2.24, 2.45) is 0 Å². The summed E-state index contributed by atoms with van der Waals surface area (Å²) in [4.78, 5) is 28.8. The Balaban J connectivity index is 1.43. The Morgan fingerprint density at radius 3 is 2.37 bits per heavy atom. The standard InChI is InChI=1S/C26H25F2N3O4/c1-34-23-11-5-17(14-24(23)35-2)25(32)29-20-7-9-21(10-8-20)31-13-3-12-30(26(31)33)16-18-4-6-19(27)15-22(18)28/h4-11,14-15H,3,12-13,16H2,1-2H3,(H,29,32). The molecular formula is C26H25F2N3O4. The third-order valence-electron chi connectivity index (χ3n) is 5.77. The minimum Gasteiger partial charge on any atom is -0.493 e. The molecule has 1 heterocycles. The minimum atomic E-state index is -0.676. The third-order valence-corrected chi connectivity index (χ3v) is 5.77. The predicted molar refractivity (Wildman–Crippen MR) is 128 cm³/mol. The molecule has 0 bridgehead atoms. The summed E-state index contributed by atoms with van der Waals surface area (Å²) in [5.74, 6) is -0.680. The number of carbonyl (C=O) groups is 2. The molecule has 3 aromatic rings. The number of ether oxygens (including phenoxy) is 2. The largest absolute Gasteiger partial charge is 0.493 e. The number of rotatable bonds is 7. The highest BCUT2D eigenvalue weighted by molar-refractivity contribution is 6.05. The molecule has 7 nitrogen and oxygen atoms in total. The second-order valence-corrected chi connectivity index (χ2v) is 8.02. The zero-order valence-corrected chi connectivity index (χ0v) is 19.4. The topological polar surface area (TPSA) is 71.1 Å². The maximum absolute atomic E-state index is 14.1. The van der Waals surface area contributed by atoms with Crippen LogP contribution in [0.5, 0.6) is 11.5 Å². The van der Waals surface area contributed by atoms with Crippen molar-refractivity contribution in [2.45, 2.75) is 13.0 Å². The smallest absolute Gasteiger partial charge is 0.324 e. The van der Waals surface area contributed by atoms with Gasteiger partial charge in [-0.1, -0.05) is 6.07 Å². The first-order chi connectivity index (χ1) is 16.9. The lowest BCUT2D eigenvalue weighted by atomic mass is 10.1. The zero-order valence-electron chi connectivity index (χ0n) is 19.4. The van der Waals surface area contributed by atoms with Gasteiger partial charge in [-0.2, -0.15) is 0 Å². The highest BCUT2D eigenvalue weighted by Crippen LogP contribution is 2.28. The first-order valence-electron chi connectivity index (χ1n) is 11.0. The van der Waals surface area contributed by atoms with E-state index in [0.29, 0.717) is 47.9 Å². The number of urea groups is 1. The van der Waals surface area contributed by atoms with Crippen LogP contribution in [0.25, 0.3) is 0 Å². The van der Waals surface area contributed by atoms with Crippen molar-refractivity contribution in [3.63, 3.8) is 0 Å². The molecule has 3 amide bonds. The van der Waals surface area contributed by atoms with Gasteiger partial charge >= 0.3 is 6.03 Å². The summed E-state index contributed by atoms with van der Waals surface area (Å²) >= 11 is 0.